The second kappa shape index (κ2) is 10.2. The van der Waals surface area contributed by atoms with Crippen molar-refractivity contribution in [2.24, 2.45) is 10.8 Å². The van der Waals surface area contributed by atoms with Gasteiger partial charge in [-0.05, 0) is 66.0 Å². The van der Waals surface area contributed by atoms with Crippen LogP contribution in [0.4, 0.5) is 0 Å². The smallest absolute Gasteiger partial charge is 0.326 e. The molecule has 0 aliphatic heterocycles. The summed E-state index contributed by atoms with van der Waals surface area (Å²) in [5.74, 6) is -0.333. The number of benzene rings is 2. The van der Waals surface area contributed by atoms with Gasteiger partial charge in [0, 0.05) is 22.7 Å². The fourth-order valence-electron chi connectivity index (χ4n) is 6.33. The number of carbonyl (C=O) groups is 2. The summed E-state index contributed by atoms with van der Waals surface area (Å²) >= 11 is 0. The number of aliphatic carboxylic acids is 1. The fourth-order valence-corrected chi connectivity index (χ4v) is 6.33. The van der Waals surface area contributed by atoms with Gasteiger partial charge in [0.1, 0.15) is 11.7 Å². The van der Waals surface area contributed by atoms with Gasteiger partial charge in [0.25, 0.3) is 11.7 Å². The van der Waals surface area contributed by atoms with Gasteiger partial charge >= 0.3 is 5.97 Å². The number of rotatable bonds is 8. The van der Waals surface area contributed by atoms with Crippen molar-refractivity contribution in [1.82, 2.24) is 35.1 Å². The number of carbonyl (C=O) groups excluding carboxylic acids is 1. The molecule has 0 spiro atoms. The van der Waals surface area contributed by atoms with Crippen molar-refractivity contribution in [3.63, 3.8) is 0 Å². The van der Waals surface area contributed by atoms with Crippen molar-refractivity contribution >= 4 is 28.6 Å². The van der Waals surface area contributed by atoms with E-state index in [1.165, 1.54) is 0 Å². The molecule has 3 heterocycles. The van der Waals surface area contributed by atoms with Crippen LogP contribution in [0.3, 0.4) is 0 Å². The molecule has 43 heavy (non-hydrogen) atoms. The second-order valence-corrected chi connectivity index (χ2v) is 13.4. The minimum Gasteiger partial charge on any atom is -0.480 e. The monoisotopic (exact) mass is 577 g/mol. The summed E-state index contributed by atoms with van der Waals surface area (Å²) in [7, 11) is 0. The lowest BCUT2D eigenvalue weighted by Gasteiger charge is -2.37. The number of pyridine rings is 1. The summed E-state index contributed by atoms with van der Waals surface area (Å²) in [5.41, 5.74) is 2.79. The third-order valence-electron chi connectivity index (χ3n) is 8.20. The van der Waals surface area contributed by atoms with Crippen LogP contribution in [0, 0.1) is 10.8 Å². The molecule has 1 saturated carbocycles. The van der Waals surface area contributed by atoms with E-state index in [-0.39, 0.29) is 10.8 Å². The zero-order valence-corrected chi connectivity index (χ0v) is 25.0. The maximum Gasteiger partial charge on any atom is 0.326 e. The molecule has 10 nitrogen and oxygen atoms in total. The van der Waals surface area contributed by atoms with Crippen molar-refractivity contribution in [2.75, 3.05) is 0 Å². The molecule has 2 aromatic carbocycles. The first-order chi connectivity index (χ1) is 20.4. The van der Waals surface area contributed by atoms with E-state index in [9.17, 15) is 14.7 Å². The summed E-state index contributed by atoms with van der Waals surface area (Å²) in [6.07, 6.45) is 5.92. The topological polar surface area (TPSA) is 135 Å². The third kappa shape index (κ3) is 5.45. The Morgan fingerprint density at radius 2 is 1.74 bits per heavy atom. The van der Waals surface area contributed by atoms with Gasteiger partial charge in [0.05, 0.1) is 17.1 Å². The average Bonchev–Trinajstić information content (AvgIpc) is 3.66. The zero-order valence-electron chi connectivity index (χ0n) is 25.0. The van der Waals surface area contributed by atoms with E-state index in [2.05, 4.69) is 64.5 Å². The van der Waals surface area contributed by atoms with E-state index >= 15 is 0 Å². The molecule has 0 unspecified atom stereocenters. The molecule has 0 bridgehead atoms. The molecule has 0 radical (unpaired) electrons. The molecule has 1 fully saturated rings. The number of nitrogens with one attached hydrogen (secondary N) is 1. The molecule has 6 rings (SSSR count). The Hall–Kier alpha value is -4.73. The first-order valence-corrected chi connectivity index (χ1v) is 14.4. The molecule has 1 aliphatic rings. The maximum atomic E-state index is 13.1. The van der Waals surface area contributed by atoms with Gasteiger partial charge in [-0.1, -0.05) is 58.9 Å². The van der Waals surface area contributed by atoms with Crippen molar-refractivity contribution in [3.05, 3.63) is 83.9 Å². The average molecular weight is 578 g/mol. The molecule has 220 valence electrons. The molecular formula is C33H35N7O3. The van der Waals surface area contributed by atoms with Crippen LogP contribution in [0.1, 0.15) is 75.6 Å². The molecule has 2 N–H and O–H groups in total. The van der Waals surface area contributed by atoms with Gasteiger partial charge in [-0.3, -0.25) is 9.78 Å². The summed E-state index contributed by atoms with van der Waals surface area (Å²) in [5, 5.41) is 27.4. The normalized spacial score (nSPS) is 15.4. The molecule has 5 aromatic rings. The van der Waals surface area contributed by atoms with Gasteiger partial charge in [-0.2, -0.15) is 9.61 Å². The van der Waals surface area contributed by atoms with Gasteiger partial charge in [-0.25, -0.2) is 9.78 Å². The Bertz CT molecular complexity index is 1850. The SMILES string of the molecule is CC(C)(C)CC(C)(C)[C@H](NC(=O)c1ccc(-c2cnc3nnc(C4(c5ccc6ncccc6c5)CC4)n3n2)cc1)C(=O)O. The minimum atomic E-state index is -1.05. The maximum absolute atomic E-state index is 13.1. The van der Waals surface area contributed by atoms with Gasteiger partial charge in [-0.15, -0.1) is 10.2 Å². The summed E-state index contributed by atoms with van der Waals surface area (Å²) in [6, 6.07) is 16.2. The summed E-state index contributed by atoms with van der Waals surface area (Å²) < 4.78 is 1.71. The fraction of sp³-hybridized carbons (Fsp3) is 0.364. The molecule has 1 amide bonds. The molecule has 1 aliphatic carbocycles. The first kappa shape index (κ1) is 28.4. The largest absolute Gasteiger partial charge is 0.480 e. The lowest BCUT2D eigenvalue weighted by Crippen LogP contribution is -2.51. The Balaban J connectivity index is 1.25. The van der Waals surface area contributed by atoms with Crippen LogP contribution in [0.25, 0.3) is 27.9 Å². The van der Waals surface area contributed by atoms with Gasteiger partial charge in [0.15, 0.2) is 5.82 Å². The van der Waals surface area contributed by atoms with Crippen LogP contribution in [0.15, 0.2) is 67.0 Å². The zero-order chi connectivity index (χ0) is 30.6. The number of fused-ring (bicyclic) bond motifs is 2. The third-order valence-corrected chi connectivity index (χ3v) is 8.20. The van der Waals surface area contributed by atoms with Crippen LogP contribution in [0.5, 0.6) is 0 Å². The first-order valence-electron chi connectivity index (χ1n) is 14.4. The van der Waals surface area contributed by atoms with E-state index in [0.717, 1.165) is 40.7 Å². The Morgan fingerprint density at radius 1 is 1.00 bits per heavy atom. The number of carboxylic acid groups (broad SMARTS) is 1. The Labute approximate surface area is 249 Å². The van der Waals surface area contributed by atoms with E-state index in [0.29, 0.717) is 23.5 Å². The van der Waals surface area contributed by atoms with Crippen LogP contribution in [0.2, 0.25) is 0 Å². The highest BCUT2D eigenvalue weighted by Crippen LogP contribution is 2.53. The van der Waals surface area contributed by atoms with Crippen LogP contribution in [-0.2, 0) is 10.2 Å². The number of carboxylic acids is 1. The number of aromatic nitrogens is 6. The predicted octanol–water partition coefficient (Wildman–Crippen LogP) is 5.46. The van der Waals surface area contributed by atoms with Crippen LogP contribution >= 0.6 is 0 Å². The molecule has 10 heteroatoms. The number of amides is 1. The number of hydrogen-bond acceptors (Lipinski definition) is 7. The highest BCUT2D eigenvalue weighted by Gasteiger charge is 2.50. The molecule has 0 saturated heterocycles. The van der Waals surface area contributed by atoms with Crippen molar-refractivity contribution in [2.45, 2.75) is 65.3 Å². The van der Waals surface area contributed by atoms with Crippen molar-refractivity contribution in [1.29, 1.82) is 0 Å². The van der Waals surface area contributed by atoms with E-state index in [1.807, 2.05) is 26.0 Å². The highest BCUT2D eigenvalue weighted by molar-refractivity contribution is 5.97. The van der Waals surface area contributed by atoms with Gasteiger partial charge in [0.2, 0.25) is 0 Å². The van der Waals surface area contributed by atoms with Gasteiger partial charge < -0.3 is 10.4 Å². The summed E-state index contributed by atoms with van der Waals surface area (Å²) in [6.45, 7) is 9.92. The minimum absolute atomic E-state index is 0.0948. The predicted molar refractivity (Wildman–Crippen MR) is 163 cm³/mol. The lowest BCUT2D eigenvalue weighted by atomic mass is 9.72. The summed E-state index contributed by atoms with van der Waals surface area (Å²) in [4.78, 5) is 34.2. The Morgan fingerprint density at radius 3 is 2.42 bits per heavy atom. The van der Waals surface area contributed by atoms with Crippen LogP contribution in [-0.4, -0.2) is 52.8 Å². The quantitative estimate of drug-likeness (QED) is 0.248. The van der Waals surface area contributed by atoms with E-state index in [1.54, 1.807) is 41.2 Å². The molecule has 1 atom stereocenters. The van der Waals surface area contributed by atoms with E-state index < -0.39 is 23.3 Å². The van der Waals surface area contributed by atoms with Crippen molar-refractivity contribution < 1.29 is 14.7 Å². The van der Waals surface area contributed by atoms with E-state index in [4.69, 9.17) is 5.10 Å². The van der Waals surface area contributed by atoms with Crippen LogP contribution < -0.4 is 5.32 Å². The number of nitrogens with zero attached hydrogens (tertiary/aromatic N) is 6. The second-order valence-electron chi connectivity index (χ2n) is 13.4. The number of hydrogen-bond donors (Lipinski definition) is 2. The Kier molecular flexibility index (Phi) is 6.75. The molecule has 3 aromatic heterocycles. The highest BCUT2D eigenvalue weighted by atomic mass is 16.4. The standard InChI is InChI=1S/C33H35N7O3/c1-31(2,3)19-32(4,5)26(28(42)43)36-27(41)21-10-8-20(9-11-21)25-18-35-30-38-37-29(40(30)39-25)33(14-15-33)23-12-13-24-22(17-23)7-6-16-34-24/h6-13,16-18,26H,14-15,19H2,1-5H3,(H,36,41)(H,42,43)/t26-/m1/s1. The van der Waals surface area contributed by atoms with Crippen molar-refractivity contribution in [3.8, 4) is 11.3 Å². The lowest BCUT2D eigenvalue weighted by molar-refractivity contribution is -0.142. The molecular weight excluding hydrogens is 542 g/mol.